The Balaban J connectivity index is 1.69. The van der Waals surface area contributed by atoms with Gasteiger partial charge in [-0.25, -0.2) is 15.0 Å². The molecule has 0 amide bonds. The average molecular weight is 422 g/mol. The van der Waals surface area contributed by atoms with Gasteiger partial charge in [0.2, 0.25) is 0 Å². The van der Waals surface area contributed by atoms with Gasteiger partial charge in [-0.05, 0) is 25.9 Å². The first-order valence-electron chi connectivity index (χ1n) is 9.84. The number of imidazole rings is 1. The number of aromatic nitrogens is 4. The molecular formula is C17H30N10O3. The van der Waals surface area contributed by atoms with Crippen molar-refractivity contribution in [2.75, 3.05) is 38.5 Å². The van der Waals surface area contributed by atoms with E-state index in [1.165, 1.54) is 12.7 Å². The van der Waals surface area contributed by atoms with E-state index >= 15 is 0 Å². The molecule has 0 unspecified atom stereocenters. The van der Waals surface area contributed by atoms with Crippen LogP contribution in [0.5, 0.6) is 0 Å². The van der Waals surface area contributed by atoms with Gasteiger partial charge in [0.25, 0.3) is 0 Å². The summed E-state index contributed by atoms with van der Waals surface area (Å²) in [5.74, 6) is 0.290. The Morgan fingerprint density at radius 3 is 2.67 bits per heavy atom. The predicted molar refractivity (Wildman–Crippen MR) is 111 cm³/mol. The van der Waals surface area contributed by atoms with Gasteiger partial charge in [0.05, 0.1) is 6.33 Å². The standard InChI is InChI=1S/C17H30N10O3/c18-3-1-5-26(6-2-4-22-17(20)21)7-10-12(28)13(29)16(30-10)27-9-25-11-14(19)23-8-24-15(11)27/h8-10,12-13,16,28-29H,1-7,18H2,(H2,19,23,24)(H4,20,21,22)/t10-,12-,13-,16-/m1/s1. The van der Waals surface area contributed by atoms with Crippen LogP contribution >= 0.6 is 0 Å². The highest BCUT2D eigenvalue weighted by Crippen LogP contribution is 2.32. The molecule has 0 radical (unpaired) electrons. The van der Waals surface area contributed by atoms with Crippen LogP contribution in [-0.2, 0) is 4.74 Å². The predicted octanol–water partition coefficient (Wildman–Crippen LogP) is -2.66. The highest BCUT2D eigenvalue weighted by atomic mass is 16.6. The lowest BCUT2D eigenvalue weighted by Gasteiger charge is -2.26. The molecule has 0 saturated carbocycles. The second-order valence-electron chi connectivity index (χ2n) is 7.23. The third-order valence-corrected chi connectivity index (χ3v) is 5.04. The molecule has 2 aromatic heterocycles. The van der Waals surface area contributed by atoms with Gasteiger partial charge in [-0.15, -0.1) is 0 Å². The monoisotopic (exact) mass is 422 g/mol. The highest BCUT2D eigenvalue weighted by Gasteiger charge is 2.44. The number of guanidine groups is 1. The van der Waals surface area contributed by atoms with E-state index in [1.807, 2.05) is 0 Å². The van der Waals surface area contributed by atoms with Crippen LogP contribution in [0, 0.1) is 0 Å². The summed E-state index contributed by atoms with van der Waals surface area (Å²) in [6, 6.07) is 0. The van der Waals surface area contributed by atoms with Crippen molar-refractivity contribution in [3.63, 3.8) is 0 Å². The lowest BCUT2D eigenvalue weighted by atomic mass is 10.1. The van der Waals surface area contributed by atoms with Crippen molar-refractivity contribution >= 4 is 22.9 Å². The minimum atomic E-state index is -1.15. The summed E-state index contributed by atoms with van der Waals surface area (Å²) in [7, 11) is 0. The van der Waals surface area contributed by atoms with E-state index in [4.69, 9.17) is 27.7 Å². The maximum atomic E-state index is 10.6. The van der Waals surface area contributed by atoms with Gasteiger partial charge in [0.1, 0.15) is 30.2 Å². The van der Waals surface area contributed by atoms with E-state index in [9.17, 15) is 10.2 Å². The van der Waals surface area contributed by atoms with Crippen molar-refractivity contribution in [1.82, 2.24) is 24.4 Å². The number of nitrogens with zero attached hydrogens (tertiary/aromatic N) is 6. The molecule has 0 aliphatic carbocycles. The van der Waals surface area contributed by atoms with Gasteiger partial charge >= 0.3 is 0 Å². The molecule has 4 atom stereocenters. The van der Waals surface area contributed by atoms with E-state index in [0.717, 1.165) is 19.4 Å². The maximum Gasteiger partial charge on any atom is 0.185 e. The third-order valence-electron chi connectivity index (χ3n) is 5.04. The number of aliphatic hydroxyl groups is 2. The average Bonchev–Trinajstić information content (AvgIpc) is 3.26. The molecule has 2 aromatic rings. The number of nitrogen functional groups attached to an aromatic ring is 1. The molecule has 3 rings (SSSR count). The van der Waals surface area contributed by atoms with Crippen LogP contribution in [0.4, 0.5) is 5.82 Å². The van der Waals surface area contributed by atoms with Crippen LogP contribution < -0.4 is 22.9 Å². The van der Waals surface area contributed by atoms with Gasteiger partial charge in [-0.2, -0.15) is 0 Å². The van der Waals surface area contributed by atoms with Crippen molar-refractivity contribution in [3.8, 4) is 0 Å². The Kier molecular flexibility index (Phi) is 7.33. The summed E-state index contributed by atoms with van der Waals surface area (Å²) in [6.07, 6.45) is 0.631. The number of aliphatic hydroxyl groups excluding tert-OH is 2. The molecule has 0 spiro atoms. The summed E-state index contributed by atoms with van der Waals surface area (Å²) >= 11 is 0. The Morgan fingerprint density at radius 1 is 1.17 bits per heavy atom. The molecule has 30 heavy (non-hydrogen) atoms. The van der Waals surface area contributed by atoms with Gasteiger partial charge in [-0.3, -0.25) is 9.56 Å². The van der Waals surface area contributed by atoms with Crippen LogP contribution in [0.3, 0.4) is 0 Å². The molecule has 1 aliphatic heterocycles. The van der Waals surface area contributed by atoms with Crippen LogP contribution in [0.2, 0.25) is 0 Å². The zero-order valence-corrected chi connectivity index (χ0v) is 16.7. The van der Waals surface area contributed by atoms with E-state index in [-0.39, 0.29) is 11.8 Å². The SMILES string of the molecule is NCCCN(CCCN=C(N)N)C[C@H]1O[C@@H](n2cnc3c(N)ncnc32)[C@H](O)[C@@H]1O. The Labute approximate surface area is 173 Å². The number of rotatable bonds is 10. The Morgan fingerprint density at radius 2 is 1.93 bits per heavy atom. The molecule has 10 N–H and O–H groups in total. The smallest absolute Gasteiger partial charge is 0.185 e. The van der Waals surface area contributed by atoms with Crippen molar-refractivity contribution in [2.45, 2.75) is 37.4 Å². The topological polar surface area (TPSA) is 213 Å². The minimum absolute atomic E-state index is 0.0565. The Bertz CT molecular complexity index is 855. The van der Waals surface area contributed by atoms with Crippen molar-refractivity contribution in [1.29, 1.82) is 0 Å². The quantitative estimate of drug-likeness (QED) is 0.132. The van der Waals surface area contributed by atoms with E-state index < -0.39 is 24.5 Å². The first-order chi connectivity index (χ1) is 14.4. The number of hydrogen-bond donors (Lipinski definition) is 6. The van der Waals surface area contributed by atoms with Gasteiger partial charge in [0.15, 0.2) is 23.7 Å². The number of ether oxygens (including phenoxy) is 1. The van der Waals surface area contributed by atoms with Crippen LogP contribution in [0.15, 0.2) is 17.6 Å². The fourth-order valence-corrected chi connectivity index (χ4v) is 3.53. The van der Waals surface area contributed by atoms with Crippen LogP contribution in [0.1, 0.15) is 19.1 Å². The van der Waals surface area contributed by atoms with E-state index in [0.29, 0.717) is 37.3 Å². The number of nitrogens with two attached hydrogens (primary N) is 4. The second-order valence-corrected chi connectivity index (χ2v) is 7.23. The zero-order chi connectivity index (χ0) is 21.7. The first kappa shape index (κ1) is 22.1. The molecule has 166 valence electrons. The number of anilines is 1. The van der Waals surface area contributed by atoms with E-state index in [2.05, 4.69) is 24.8 Å². The fourth-order valence-electron chi connectivity index (χ4n) is 3.53. The van der Waals surface area contributed by atoms with Crippen molar-refractivity contribution < 1.29 is 14.9 Å². The molecular weight excluding hydrogens is 392 g/mol. The third kappa shape index (κ3) is 4.94. The summed E-state index contributed by atoms with van der Waals surface area (Å²) in [4.78, 5) is 18.4. The Hall–Kier alpha value is -2.58. The van der Waals surface area contributed by atoms with Gasteiger partial charge < -0.3 is 42.8 Å². The normalized spacial score (nSPS) is 24.0. The summed E-state index contributed by atoms with van der Waals surface area (Å²) in [6.45, 7) is 2.89. The summed E-state index contributed by atoms with van der Waals surface area (Å²) in [5.41, 5.74) is 23.0. The number of aliphatic imine (C=N–C) groups is 1. The highest BCUT2D eigenvalue weighted by molar-refractivity contribution is 5.81. The lowest BCUT2D eigenvalue weighted by Crippen LogP contribution is -2.41. The largest absolute Gasteiger partial charge is 0.387 e. The molecule has 3 heterocycles. The fraction of sp³-hybridized carbons (Fsp3) is 0.647. The van der Waals surface area contributed by atoms with Crippen molar-refractivity contribution in [2.24, 2.45) is 22.2 Å². The molecule has 0 aromatic carbocycles. The van der Waals surface area contributed by atoms with Crippen LogP contribution in [-0.4, -0.2) is 91.6 Å². The number of fused-ring (bicyclic) bond motifs is 1. The van der Waals surface area contributed by atoms with E-state index in [1.54, 1.807) is 4.57 Å². The second kappa shape index (κ2) is 9.95. The molecule has 13 heteroatoms. The van der Waals surface area contributed by atoms with Gasteiger partial charge in [-0.1, -0.05) is 0 Å². The molecule has 1 fully saturated rings. The first-order valence-corrected chi connectivity index (χ1v) is 9.84. The minimum Gasteiger partial charge on any atom is -0.387 e. The molecule has 1 aliphatic rings. The van der Waals surface area contributed by atoms with Crippen molar-refractivity contribution in [3.05, 3.63) is 12.7 Å². The molecule has 1 saturated heterocycles. The zero-order valence-electron chi connectivity index (χ0n) is 16.7. The number of hydrogen-bond acceptors (Lipinski definition) is 10. The summed E-state index contributed by atoms with van der Waals surface area (Å²) in [5, 5.41) is 21.2. The summed E-state index contributed by atoms with van der Waals surface area (Å²) < 4.78 is 7.57. The molecule has 13 nitrogen and oxygen atoms in total. The lowest BCUT2D eigenvalue weighted by molar-refractivity contribution is -0.0442. The molecule has 0 bridgehead atoms. The van der Waals surface area contributed by atoms with Gasteiger partial charge in [0, 0.05) is 19.6 Å². The maximum absolute atomic E-state index is 10.6. The van der Waals surface area contributed by atoms with Crippen LogP contribution in [0.25, 0.3) is 11.2 Å².